The van der Waals surface area contributed by atoms with Gasteiger partial charge < -0.3 is 58.4 Å². The minimum atomic E-state index is -4.64. The highest BCUT2D eigenvalue weighted by Crippen LogP contribution is 2.42. The molecule has 0 unspecified atom stereocenters. The quantitative estimate of drug-likeness (QED) is 0.0357. The molecule has 0 bridgehead atoms. The van der Waals surface area contributed by atoms with Gasteiger partial charge >= 0.3 is 6.18 Å². The predicted molar refractivity (Wildman–Crippen MR) is 252 cm³/mol. The number of methoxy groups -OCH3 is 4. The van der Waals surface area contributed by atoms with Gasteiger partial charge in [-0.15, -0.1) is 0 Å². The van der Waals surface area contributed by atoms with E-state index in [0.717, 1.165) is 51.4 Å². The number of phenols is 1. The summed E-state index contributed by atoms with van der Waals surface area (Å²) >= 11 is 0. The van der Waals surface area contributed by atoms with Crippen molar-refractivity contribution in [1.82, 2.24) is 9.97 Å². The number of pyridine rings is 2. The maximum Gasteiger partial charge on any atom is 0.446 e. The third-order valence-electron chi connectivity index (χ3n) is 10.4. The summed E-state index contributed by atoms with van der Waals surface area (Å²) in [6.07, 6.45) is 2.97. The normalized spacial score (nSPS) is 10.9. The number of carbonyl (C=O) groups excluding carboxylic acids is 1. The largest absolute Gasteiger partial charge is 0.508 e. The van der Waals surface area contributed by atoms with E-state index in [1.54, 1.807) is 56.7 Å². The number of fused-ring (bicyclic) bond motifs is 2. The molecule has 0 aliphatic carbocycles. The minimum absolute atomic E-state index is 0.0347. The number of ether oxygens (including phenoxy) is 7. The standard InChI is InChI=1S/C26H33NO6.C22H25NO6.C2HF3O/c1-5-7-9-10-19-25(28)20-14-18(30-3)16-23(24(20)27-26(19)29)33-21-12-11-17(15-22(21)31-4)32-13-8-6-2;1-4-5-6-7-15-21(25)16-11-14(27-2)12-19(20(16)23-22(15)26)29-17-9-8-13(24)10-18(17)28-3;3-2(4,5)1-6/h11-12,14-16H,5-10,13H2,1-4H3,(H2,27,28,29);8-12,24H,4-7H2,1-3H3,(H2,23,25,26);1H. The van der Waals surface area contributed by atoms with Gasteiger partial charge in [-0.05, 0) is 68.5 Å². The second-order valence-electron chi connectivity index (χ2n) is 15.3. The van der Waals surface area contributed by atoms with Gasteiger partial charge in [0.1, 0.15) is 34.5 Å². The van der Waals surface area contributed by atoms with Gasteiger partial charge in [0.2, 0.25) is 6.29 Å². The zero-order chi connectivity index (χ0) is 50.0. The lowest BCUT2D eigenvalue weighted by atomic mass is 10.0. The molecule has 2 aromatic heterocycles. The van der Waals surface area contributed by atoms with Crippen molar-refractivity contribution in [3.8, 4) is 69.0 Å². The van der Waals surface area contributed by atoms with Crippen LogP contribution in [0.2, 0.25) is 0 Å². The van der Waals surface area contributed by atoms with E-state index in [1.807, 2.05) is 6.07 Å². The molecule has 68 heavy (non-hydrogen) atoms. The van der Waals surface area contributed by atoms with Crippen LogP contribution in [0.15, 0.2) is 70.3 Å². The smallest absolute Gasteiger partial charge is 0.446 e. The molecule has 0 fully saturated rings. The molecule has 0 aliphatic rings. The van der Waals surface area contributed by atoms with Crippen molar-refractivity contribution in [2.45, 2.75) is 91.2 Å². The van der Waals surface area contributed by atoms with Crippen molar-refractivity contribution in [2.24, 2.45) is 0 Å². The van der Waals surface area contributed by atoms with Crippen LogP contribution in [0.5, 0.6) is 69.0 Å². The first-order valence-electron chi connectivity index (χ1n) is 22.0. The maximum atomic E-state index is 12.8. The highest BCUT2D eigenvalue weighted by Gasteiger charge is 2.25. The second-order valence-corrected chi connectivity index (χ2v) is 15.3. The lowest BCUT2D eigenvalue weighted by Gasteiger charge is -2.16. The van der Waals surface area contributed by atoms with E-state index in [1.165, 1.54) is 26.4 Å². The molecule has 18 heteroatoms. The van der Waals surface area contributed by atoms with Crippen molar-refractivity contribution in [1.29, 1.82) is 0 Å². The topological polar surface area (TPSA) is 208 Å². The molecular weight excluding hydrogens is 894 g/mol. The number of rotatable bonds is 20. The number of nitrogens with one attached hydrogen (secondary N) is 2. The summed E-state index contributed by atoms with van der Waals surface area (Å²) in [6.45, 7) is 6.91. The first-order valence-corrected chi connectivity index (χ1v) is 22.0. The Balaban J connectivity index is 0.000000266. The minimum Gasteiger partial charge on any atom is -0.508 e. The van der Waals surface area contributed by atoms with E-state index >= 15 is 0 Å². The molecule has 6 rings (SSSR count). The molecule has 4 aromatic carbocycles. The lowest BCUT2D eigenvalue weighted by molar-refractivity contribution is -0.156. The Hall–Kier alpha value is -7.24. The summed E-state index contributed by atoms with van der Waals surface area (Å²) in [5, 5.41) is 32.2. The Morgan fingerprint density at radius 2 is 0.971 bits per heavy atom. The fourth-order valence-electron chi connectivity index (χ4n) is 6.83. The number of halogens is 3. The molecule has 15 nitrogen and oxygen atoms in total. The van der Waals surface area contributed by atoms with Gasteiger partial charge in [-0.2, -0.15) is 13.2 Å². The first-order chi connectivity index (χ1) is 32.6. The molecule has 0 radical (unpaired) electrons. The maximum absolute atomic E-state index is 12.8. The van der Waals surface area contributed by atoms with Crippen LogP contribution in [0.25, 0.3) is 21.8 Å². The molecule has 0 saturated heterocycles. The number of aromatic nitrogens is 2. The highest BCUT2D eigenvalue weighted by atomic mass is 19.4. The summed E-state index contributed by atoms with van der Waals surface area (Å²) in [5.41, 5.74) is 0.802. The van der Waals surface area contributed by atoms with Crippen molar-refractivity contribution in [2.75, 3.05) is 35.0 Å². The first kappa shape index (κ1) is 53.4. The van der Waals surface area contributed by atoms with Crippen LogP contribution in [0.4, 0.5) is 13.2 Å². The van der Waals surface area contributed by atoms with Crippen LogP contribution < -0.4 is 44.3 Å². The van der Waals surface area contributed by atoms with E-state index in [9.17, 15) is 38.1 Å². The third kappa shape index (κ3) is 14.4. The Bertz CT molecular complexity index is 2730. The number of aromatic amines is 2. The SMILES string of the molecule is CCCCCc1c(O)c2cc(OC)cc(Oc3ccc(O)cc3OC)c2[nH]c1=O.CCCCCc1c(O)c2cc(OC)cc(Oc3ccc(OCCCC)cc3OC)c2[nH]c1=O.O=CC(F)(F)F. The van der Waals surface area contributed by atoms with Crippen molar-refractivity contribution < 1.29 is 66.4 Å². The van der Waals surface area contributed by atoms with Gasteiger partial charge in [0.15, 0.2) is 34.5 Å². The Morgan fingerprint density at radius 3 is 1.38 bits per heavy atom. The number of phenolic OH excluding ortho intramolecular Hbond substituents is 1. The van der Waals surface area contributed by atoms with Crippen molar-refractivity contribution in [3.05, 3.63) is 92.5 Å². The Labute approximate surface area is 391 Å². The molecule has 0 spiro atoms. The summed E-state index contributed by atoms with van der Waals surface area (Å²) in [5.74, 6) is 3.80. The molecule has 2 heterocycles. The average Bonchev–Trinajstić information content (AvgIpc) is 3.32. The molecule has 0 amide bonds. The Morgan fingerprint density at radius 1 is 0.544 bits per heavy atom. The number of hydrogen-bond donors (Lipinski definition) is 5. The van der Waals surface area contributed by atoms with Gasteiger partial charge in [0.05, 0.1) is 57.2 Å². The third-order valence-corrected chi connectivity index (χ3v) is 10.4. The number of hydrogen-bond acceptors (Lipinski definition) is 13. The average molecular weight is 953 g/mol. The number of alkyl halides is 3. The summed E-state index contributed by atoms with van der Waals surface area (Å²) in [6, 6.07) is 16.4. The van der Waals surface area contributed by atoms with Crippen LogP contribution in [-0.2, 0) is 17.6 Å². The van der Waals surface area contributed by atoms with Crippen molar-refractivity contribution in [3.63, 3.8) is 0 Å². The van der Waals surface area contributed by atoms with Gasteiger partial charge in [-0.25, -0.2) is 0 Å². The summed E-state index contributed by atoms with van der Waals surface area (Å²) in [7, 11) is 6.06. The van der Waals surface area contributed by atoms with Crippen LogP contribution in [0.1, 0.15) is 83.3 Å². The highest BCUT2D eigenvalue weighted by molar-refractivity contribution is 5.93. The van der Waals surface area contributed by atoms with E-state index in [0.29, 0.717) is 98.4 Å². The fraction of sp³-hybridized carbons (Fsp3) is 0.380. The molecule has 6 aromatic rings. The van der Waals surface area contributed by atoms with Crippen LogP contribution in [-0.4, -0.2) is 72.8 Å². The van der Waals surface area contributed by atoms with Crippen molar-refractivity contribution >= 4 is 28.1 Å². The van der Waals surface area contributed by atoms with Gasteiger partial charge in [0.25, 0.3) is 11.1 Å². The fourth-order valence-corrected chi connectivity index (χ4v) is 6.83. The zero-order valence-electron chi connectivity index (χ0n) is 39.2. The van der Waals surface area contributed by atoms with Crippen LogP contribution >= 0.6 is 0 Å². The summed E-state index contributed by atoms with van der Waals surface area (Å²) in [4.78, 5) is 39.8. The second kappa shape index (κ2) is 25.6. The molecule has 5 N–H and O–H groups in total. The van der Waals surface area contributed by atoms with Crippen LogP contribution in [0, 0.1) is 0 Å². The monoisotopic (exact) mass is 952 g/mol. The molecular formula is C50H59F3N2O13. The zero-order valence-corrected chi connectivity index (χ0v) is 39.2. The molecule has 0 saturated carbocycles. The molecule has 0 atom stereocenters. The van der Waals surface area contributed by atoms with Crippen LogP contribution in [0.3, 0.4) is 0 Å². The number of aldehydes is 1. The molecule has 0 aliphatic heterocycles. The van der Waals surface area contributed by atoms with E-state index in [-0.39, 0.29) is 34.1 Å². The summed E-state index contributed by atoms with van der Waals surface area (Å²) < 4.78 is 70.6. The predicted octanol–water partition coefficient (Wildman–Crippen LogP) is 11.2. The number of carbonyl (C=O) groups is 1. The van der Waals surface area contributed by atoms with E-state index < -0.39 is 12.5 Å². The van der Waals surface area contributed by atoms with Gasteiger partial charge in [-0.1, -0.05) is 52.9 Å². The van der Waals surface area contributed by atoms with Gasteiger partial charge in [-0.3, -0.25) is 14.4 Å². The Kier molecular flexibility index (Phi) is 20.1. The number of unbranched alkanes of at least 4 members (excludes halogenated alkanes) is 5. The van der Waals surface area contributed by atoms with E-state index in [2.05, 4.69) is 30.7 Å². The van der Waals surface area contributed by atoms with E-state index in [4.69, 9.17) is 38.0 Å². The molecule has 368 valence electrons. The number of benzene rings is 4. The number of aromatic hydroxyl groups is 3. The number of H-pyrrole nitrogens is 2. The lowest BCUT2D eigenvalue weighted by Crippen LogP contribution is -2.13. The van der Waals surface area contributed by atoms with Gasteiger partial charge in [0, 0.05) is 35.0 Å².